The van der Waals surface area contributed by atoms with Gasteiger partial charge in [-0.15, -0.1) is 0 Å². The minimum atomic E-state index is -4.88. The number of alkyl halides is 3. The average Bonchev–Trinajstić information content (AvgIpc) is 2.77. The van der Waals surface area contributed by atoms with Crippen molar-refractivity contribution in [2.24, 2.45) is 0 Å². The van der Waals surface area contributed by atoms with Crippen molar-refractivity contribution < 1.29 is 31.1 Å². The first-order valence-corrected chi connectivity index (χ1v) is 11.7. The lowest BCUT2D eigenvalue weighted by Crippen LogP contribution is -2.39. The summed E-state index contributed by atoms with van der Waals surface area (Å²) < 4.78 is 73.0. The number of ether oxygens (including phenoxy) is 1. The summed E-state index contributed by atoms with van der Waals surface area (Å²) in [5, 5.41) is -0.674. The number of pyridine rings is 2. The first kappa shape index (κ1) is 24.0. The maximum absolute atomic E-state index is 13.3. The number of hydrogen-bond acceptors (Lipinski definition) is 6. The lowest BCUT2D eigenvalue weighted by Gasteiger charge is -2.28. The number of rotatable bonds is 4. The molecule has 1 aromatic carbocycles. The average molecular weight is 533 g/mol. The summed E-state index contributed by atoms with van der Waals surface area (Å²) in [6.45, 7) is 0.259. The van der Waals surface area contributed by atoms with Crippen molar-refractivity contribution in [1.82, 2.24) is 9.97 Å². The Morgan fingerprint density at radius 3 is 2.65 bits per heavy atom. The highest BCUT2D eigenvalue weighted by molar-refractivity contribution is 7.92. The summed E-state index contributed by atoms with van der Waals surface area (Å²) in [6, 6.07) is 6.47. The van der Waals surface area contributed by atoms with Gasteiger partial charge in [0.2, 0.25) is 0 Å². The number of benzene rings is 1. The lowest BCUT2D eigenvalue weighted by molar-refractivity contribution is -0.137. The number of amides is 1. The summed E-state index contributed by atoms with van der Waals surface area (Å²) in [7, 11) is -4.60. The maximum Gasteiger partial charge on any atom is 0.417 e. The molecule has 2 aromatic heterocycles. The topological polar surface area (TPSA) is 101 Å². The minimum Gasteiger partial charge on any atom is -0.488 e. The van der Waals surface area contributed by atoms with Gasteiger partial charge in [-0.25, -0.2) is 18.4 Å². The van der Waals surface area contributed by atoms with Gasteiger partial charge in [-0.2, -0.15) is 13.2 Å². The Kier molecular flexibility index (Phi) is 6.32. The molecule has 1 aliphatic rings. The smallest absolute Gasteiger partial charge is 0.417 e. The third kappa shape index (κ3) is 4.74. The number of halogens is 5. The summed E-state index contributed by atoms with van der Waals surface area (Å²) in [5.41, 5.74) is -1.99. The van der Waals surface area contributed by atoms with Crippen molar-refractivity contribution in [3.63, 3.8) is 0 Å². The molecule has 8 nitrogen and oxygen atoms in total. The lowest BCUT2D eigenvalue weighted by atomic mass is 10.2. The molecule has 3 heterocycles. The van der Waals surface area contributed by atoms with E-state index in [1.807, 2.05) is 0 Å². The fourth-order valence-corrected chi connectivity index (χ4v) is 4.62. The van der Waals surface area contributed by atoms with Crippen molar-refractivity contribution in [3.8, 4) is 5.75 Å². The van der Waals surface area contributed by atoms with Crippen LogP contribution >= 0.6 is 23.2 Å². The summed E-state index contributed by atoms with van der Waals surface area (Å²) in [4.78, 5) is 21.9. The number of aromatic nitrogens is 2. The quantitative estimate of drug-likeness (QED) is 0.525. The highest BCUT2D eigenvalue weighted by Crippen LogP contribution is 2.37. The zero-order valence-electron chi connectivity index (χ0n) is 16.8. The number of fused-ring (bicyclic) bond motifs is 1. The fraction of sp³-hybridized carbons (Fsp3) is 0.150. The molecule has 1 N–H and O–H groups in total. The molecular weight excluding hydrogens is 520 g/mol. The summed E-state index contributed by atoms with van der Waals surface area (Å²) in [6.07, 6.45) is -2.29. The number of carbonyl (C=O) groups is 1. The molecule has 0 unspecified atom stereocenters. The van der Waals surface area contributed by atoms with Gasteiger partial charge in [0.05, 0.1) is 32.7 Å². The van der Waals surface area contributed by atoms with Crippen LogP contribution in [0.25, 0.3) is 0 Å². The van der Waals surface area contributed by atoms with Gasteiger partial charge < -0.3 is 4.74 Å². The molecule has 0 saturated heterocycles. The highest BCUT2D eigenvalue weighted by Gasteiger charge is 2.35. The summed E-state index contributed by atoms with van der Waals surface area (Å²) >= 11 is 11.5. The molecule has 0 radical (unpaired) electrons. The predicted molar refractivity (Wildman–Crippen MR) is 118 cm³/mol. The molecular formula is C20H13Cl2F3N4O4S. The molecule has 0 bridgehead atoms. The number of sulfonamides is 1. The van der Waals surface area contributed by atoms with Crippen LogP contribution in [0.5, 0.6) is 5.75 Å². The molecule has 0 saturated carbocycles. The molecule has 0 aliphatic carbocycles. The number of anilines is 2. The van der Waals surface area contributed by atoms with E-state index >= 15 is 0 Å². The van der Waals surface area contributed by atoms with E-state index in [0.29, 0.717) is 11.8 Å². The molecule has 0 fully saturated rings. The second kappa shape index (κ2) is 8.93. The monoisotopic (exact) mass is 532 g/mol. The van der Waals surface area contributed by atoms with Gasteiger partial charge in [0.15, 0.2) is 17.3 Å². The van der Waals surface area contributed by atoms with E-state index in [9.17, 15) is 26.4 Å². The molecule has 1 amide bonds. The van der Waals surface area contributed by atoms with Crippen LogP contribution < -0.4 is 14.4 Å². The van der Waals surface area contributed by atoms with Crippen LogP contribution in [0.15, 0.2) is 53.7 Å². The van der Waals surface area contributed by atoms with Crippen LogP contribution in [0.2, 0.25) is 10.0 Å². The van der Waals surface area contributed by atoms with E-state index in [-0.39, 0.29) is 35.4 Å². The third-order valence-electron chi connectivity index (χ3n) is 4.68. The molecule has 0 atom stereocenters. The number of hydrogen-bond donors (Lipinski definition) is 1. The van der Waals surface area contributed by atoms with Crippen molar-refractivity contribution >= 4 is 50.6 Å². The van der Waals surface area contributed by atoms with Crippen LogP contribution in [0.4, 0.5) is 24.7 Å². The number of nitrogens with one attached hydrogen (secondary N) is 1. The molecule has 4 rings (SSSR count). The van der Waals surface area contributed by atoms with Crippen LogP contribution in [0.3, 0.4) is 0 Å². The standard InChI is InChI=1S/C20H13Cl2F3N4O4S/c21-11-8-15(28-34(31,32)12-3-4-14(22)13(9-12)20(23,24)25)17(27-10-11)19(30)29-6-7-33-16-2-1-5-26-18(16)29/h1-5,8-10,28H,6-7H2. The van der Waals surface area contributed by atoms with Crippen LogP contribution in [0.1, 0.15) is 16.1 Å². The molecule has 0 spiro atoms. The van der Waals surface area contributed by atoms with Crippen LogP contribution in [0, 0.1) is 0 Å². The third-order valence-corrected chi connectivity index (χ3v) is 6.58. The van der Waals surface area contributed by atoms with E-state index in [4.69, 9.17) is 27.9 Å². The Labute approximate surface area is 201 Å². The van der Waals surface area contributed by atoms with Crippen LogP contribution in [-0.2, 0) is 16.2 Å². The predicted octanol–water partition coefficient (Wildman–Crippen LogP) is 4.64. The van der Waals surface area contributed by atoms with E-state index in [0.717, 1.165) is 24.4 Å². The van der Waals surface area contributed by atoms with E-state index in [1.165, 1.54) is 11.1 Å². The van der Waals surface area contributed by atoms with Gasteiger partial charge in [-0.3, -0.25) is 14.4 Å². The Morgan fingerprint density at radius 2 is 1.91 bits per heavy atom. The highest BCUT2D eigenvalue weighted by atomic mass is 35.5. The minimum absolute atomic E-state index is 0.0122. The number of nitrogens with zero attached hydrogens (tertiary/aromatic N) is 3. The SMILES string of the molecule is O=C(c1ncc(Cl)cc1NS(=O)(=O)c1ccc(Cl)c(C(F)(F)F)c1)N1CCOc2cccnc21. The number of carbonyl (C=O) groups excluding carboxylic acids is 1. The normalized spacial score (nSPS) is 13.7. The van der Waals surface area contributed by atoms with Gasteiger partial charge in [-0.1, -0.05) is 23.2 Å². The first-order valence-electron chi connectivity index (χ1n) is 9.42. The molecule has 1 aliphatic heterocycles. The van der Waals surface area contributed by atoms with E-state index in [2.05, 4.69) is 14.7 Å². The molecule has 34 heavy (non-hydrogen) atoms. The Morgan fingerprint density at radius 1 is 1.15 bits per heavy atom. The Bertz CT molecular complexity index is 1390. The largest absolute Gasteiger partial charge is 0.488 e. The van der Waals surface area contributed by atoms with E-state index in [1.54, 1.807) is 12.1 Å². The summed E-state index contributed by atoms with van der Waals surface area (Å²) in [5.74, 6) is -0.166. The van der Waals surface area contributed by atoms with Gasteiger partial charge in [0.1, 0.15) is 6.61 Å². The first-order chi connectivity index (χ1) is 16.0. The van der Waals surface area contributed by atoms with Gasteiger partial charge in [-0.05, 0) is 36.4 Å². The van der Waals surface area contributed by atoms with Crippen molar-refractivity contribution in [3.05, 3.63) is 70.1 Å². The van der Waals surface area contributed by atoms with Crippen molar-refractivity contribution in [1.29, 1.82) is 0 Å². The van der Waals surface area contributed by atoms with Gasteiger partial charge in [0.25, 0.3) is 15.9 Å². The van der Waals surface area contributed by atoms with Crippen molar-refractivity contribution in [2.45, 2.75) is 11.1 Å². The Hall–Kier alpha value is -3.09. The van der Waals surface area contributed by atoms with Crippen molar-refractivity contribution in [2.75, 3.05) is 22.8 Å². The maximum atomic E-state index is 13.3. The Balaban J connectivity index is 1.72. The zero-order valence-corrected chi connectivity index (χ0v) is 19.1. The van der Waals surface area contributed by atoms with Gasteiger partial charge in [0, 0.05) is 12.4 Å². The molecule has 3 aromatic rings. The van der Waals surface area contributed by atoms with Crippen LogP contribution in [-0.4, -0.2) is 37.4 Å². The second-order valence-corrected chi connectivity index (χ2v) is 9.45. The van der Waals surface area contributed by atoms with Gasteiger partial charge >= 0.3 is 6.18 Å². The van der Waals surface area contributed by atoms with E-state index < -0.39 is 37.6 Å². The second-order valence-electron chi connectivity index (χ2n) is 6.93. The zero-order chi connectivity index (χ0) is 24.7. The fourth-order valence-electron chi connectivity index (χ4n) is 3.16. The molecule has 178 valence electrons. The molecule has 14 heteroatoms.